The number of ether oxygens (including phenoxy) is 1. The summed E-state index contributed by atoms with van der Waals surface area (Å²) in [5, 5.41) is 13.7. The van der Waals surface area contributed by atoms with E-state index in [0.29, 0.717) is 16.9 Å². The van der Waals surface area contributed by atoms with Crippen LogP contribution in [0.3, 0.4) is 0 Å². The van der Waals surface area contributed by atoms with Gasteiger partial charge in [0.15, 0.2) is 0 Å². The van der Waals surface area contributed by atoms with Crippen molar-refractivity contribution in [2.24, 2.45) is 0 Å². The molecule has 2 aromatic rings. The van der Waals surface area contributed by atoms with Crippen molar-refractivity contribution in [2.75, 3.05) is 7.11 Å². The molecule has 0 fully saturated rings. The van der Waals surface area contributed by atoms with Crippen LogP contribution in [0.25, 0.3) is 0 Å². The summed E-state index contributed by atoms with van der Waals surface area (Å²) in [6, 6.07) is 14.9. The number of carbonyl (C=O) groups excluding carboxylic acids is 2. The van der Waals surface area contributed by atoms with Crippen LogP contribution in [-0.2, 0) is 4.79 Å². The number of nitrogens with one attached hydrogen (secondary N) is 1. The van der Waals surface area contributed by atoms with Crippen molar-refractivity contribution in [2.45, 2.75) is 12.5 Å². The second kappa shape index (κ2) is 7.26. The van der Waals surface area contributed by atoms with Gasteiger partial charge in [-0.25, -0.2) is 0 Å². The lowest BCUT2D eigenvalue weighted by Gasteiger charge is -2.20. The lowest BCUT2D eigenvalue weighted by molar-refractivity contribution is -0.306. The minimum atomic E-state index is -1.24. The van der Waals surface area contributed by atoms with Gasteiger partial charge >= 0.3 is 0 Å². The average molecular weight is 298 g/mol. The fourth-order valence-electron chi connectivity index (χ4n) is 2.11. The average Bonchev–Trinajstić information content (AvgIpc) is 2.54. The lowest BCUT2D eigenvalue weighted by Crippen LogP contribution is -2.34. The first-order chi connectivity index (χ1) is 10.6. The Hall–Kier alpha value is -2.82. The van der Waals surface area contributed by atoms with E-state index in [1.807, 2.05) is 0 Å². The fourth-order valence-corrected chi connectivity index (χ4v) is 2.11. The molecular weight excluding hydrogens is 282 g/mol. The Balaban J connectivity index is 2.22. The molecule has 0 aliphatic heterocycles. The molecule has 1 amide bonds. The molecule has 0 bridgehead atoms. The summed E-state index contributed by atoms with van der Waals surface area (Å²) in [6.45, 7) is 0. The molecule has 0 aliphatic rings. The van der Waals surface area contributed by atoms with Gasteiger partial charge in [-0.05, 0) is 29.8 Å². The monoisotopic (exact) mass is 298 g/mol. The quantitative estimate of drug-likeness (QED) is 0.872. The molecule has 114 valence electrons. The topological polar surface area (TPSA) is 78.5 Å². The van der Waals surface area contributed by atoms with Gasteiger partial charge in [0.25, 0.3) is 5.91 Å². The third-order valence-corrected chi connectivity index (χ3v) is 3.21. The van der Waals surface area contributed by atoms with E-state index in [9.17, 15) is 14.7 Å². The maximum Gasteiger partial charge on any atom is 0.251 e. The molecule has 0 saturated heterocycles. The van der Waals surface area contributed by atoms with Crippen molar-refractivity contribution >= 4 is 11.9 Å². The van der Waals surface area contributed by atoms with E-state index in [2.05, 4.69) is 5.32 Å². The maximum atomic E-state index is 12.2. The van der Waals surface area contributed by atoms with Crippen LogP contribution in [0.5, 0.6) is 5.75 Å². The second-order valence-electron chi connectivity index (χ2n) is 4.74. The van der Waals surface area contributed by atoms with Crippen LogP contribution in [0, 0.1) is 0 Å². The van der Waals surface area contributed by atoms with Crippen LogP contribution in [0.4, 0.5) is 0 Å². The van der Waals surface area contributed by atoms with Crippen LogP contribution < -0.4 is 15.2 Å². The van der Waals surface area contributed by atoms with Crippen molar-refractivity contribution in [1.29, 1.82) is 0 Å². The summed E-state index contributed by atoms with van der Waals surface area (Å²) in [5.74, 6) is -0.981. The van der Waals surface area contributed by atoms with Gasteiger partial charge in [-0.15, -0.1) is 0 Å². The van der Waals surface area contributed by atoms with Crippen molar-refractivity contribution in [3.05, 3.63) is 65.7 Å². The third kappa shape index (κ3) is 4.09. The summed E-state index contributed by atoms with van der Waals surface area (Å²) in [6.07, 6.45) is -0.314. The first-order valence-electron chi connectivity index (χ1n) is 6.80. The number of hydrogen-bond acceptors (Lipinski definition) is 4. The Morgan fingerprint density at radius 2 is 1.86 bits per heavy atom. The van der Waals surface area contributed by atoms with Crippen molar-refractivity contribution < 1.29 is 19.4 Å². The number of amides is 1. The van der Waals surface area contributed by atoms with Gasteiger partial charge in [-0.3, -0.25) is 4.79 Å². The maximum absolute atomic E-state index is 12.2. The zero-order valence-corrected chi connectivity index (χ0v) is 12.1. The number of methoxy groups -OCH3 is 1. The van der Waals surface area contributed by atoms with Gasteiger partial charge in [-0.2, -0.15) is 0 Å². The number of carbonyl (C=O) groups is 2. The minimum absolute atomic E-state index is 0.314. The molecule has 1 atom stereocenters. The number of aliphatic carboxylic acids is 1. The van der Waals surface area contributed by atoms with Gasteiger partial charge in [0.1, 0.15) is 5.75 Å². The smallest absolute Gasteiger partial charge is 0.251 e. The molecule has 2 aromatic carbocycles. The van der Waals surface area contributed by atoms with E-state index in [1.165, 1.54) is 7.11 Å². The molecule has 0 aliphatic carbocycles. The highest BCUT2D eigenvalue weighted by molar-refractivity contribution is 5.94. The molecule has 0 spiro atoms. The van der Waals surface area contributed by atoms with E-state index < -0.39 is 12.0 Å². The molecule has 0 radical (unpaired) electrons. The van der Waals surface area contributed by atoms with Crippen LogP contribution >= 0.6 is 0 Å². The van der Waals surface area contributed by atoms with Crippen molar-refractivity contribution in [3.8, 4) is 5.75 Å². The standard InChI is InChI=1S/C17H17NO4/c1-22-14-9-5-8-13(10-14)15(11-16(19)20)18-17(21)12-6-3-2-4-7-12/h2-10,15H,11H2,1H3,(H,18,21)(H,19,20)/p-1/t15-/m0/s1. The summed E-state index contributed by atoms with van der Waals surface area (Å²) < 4.78 is 5.12. The van der Waals surface area contributed by atoms with Gasteiger partial charge in [-0.1, -0.05) is 30.3 Å². The van der Waals surface area contributed by atoms with E-state index in [1.54, 1.807) is 54.6 Å². The van der Waals surface area contributed by atoms with E-state index in [0.717, 1.165) is 0 Å². The van der Waals surface area contributed by atoms with Crippen LogP contribution in [-0.4, -0.2) is 19.0 Å². The zero-order chi connectivity index (χ0) is 15.9. The van der Waals surface area contributed by atoms with Gasteiger partial charge < -0.3 is 20.0 Å². The molecule has 0 saturated carbocycles. The Labute approximate surface area is 128 Å². The minimum Gasteiger partial charge on any atom is -0.550 e. The third-order valence-electron chi connectivity index (χ3n) is 3.21. The lowest BCUT2D eigenvalue weighted by atomic mass is 10.0. The number of hydrogen-bond donors (Lipinski definition) is 1. The van der Waals surface area contributed by atoms with Crippen LogP contribution in [0.15, 0.2) is 54.6 Å². The second-order valence-corrected chi connectivity index (χ2v) is 4.74. The van der Waals surface area contributed by atoms with Gasteiger partial charge in [0.2, 0.25) is 0 Å². The number of carboxylic acid groups (broad SMARTS) is 1. The molecule has 5 heteroatoms. The highest BCUT2D eigenvalue weighted by atomic mass is 16.5. The first kappa shape index (κ1) is 15.6. The van der Waals surface area contributed by atoms with Gasteiger partial charge in [0.05, 0.1) is 13.2 Å². The number of carboxylic acids is 1. The SMILES string of the molecule is COc1cccc([C@H](CC(=O)[O-])NC(=O)c2ccccc2)c1. The Morgan fingerprint density at radius 3 is 2.50 bits per heavy atom. The number of benzene rings is 2. The first-order valence-corrected chi connectivity index (χ1v) is 6.80. The molecule has 0 heterocycles. The van der Waals surface area contributed by atoms with Crippen molar-refractivity contribution in [1.82, 2.24) is 5.32 Å². The zero-order valence-electron chi connectivity index (χ0n) is 12.1. The van der Waals surface area contributed by atoms with E-state index >= 15 is 0 Å². The van der Waals surface area contributed by atoms with Gasteiger partial charge in [0, 0.05) is 18.0 Å². The predicted octanol–water partition coefficient (Wildman–Crippen LogP) is 1.31. The largest absolute Gasteiger partial charge is 0.550 e. The highest BCUT2D eigenvalue weighted by Gasteiger charge is 2.16. The van der Waals surface area contributed by atoms with Crippen molar-refractivity contribution in [3.63, 3.8) is 0 Å². The molecule has 22 heavy (non-hydrogen) atoms. The van der Waals surface area contributed by atoms with Crippen LogP contribution in [0.2, 0.25) is 0 Å². The van der Waals surface area contributed by atoms with E-state index in [-0.39, 0.29) is 12.3 Å². The molecule has 0 unspecified atom stereocenters. The molecule has 5 nitrogen and oxygen atoms in total. The Kier molecular flexibility index (Phi) is 5.14. The molecule has 2 rings (SSSR count). The summed E-state index contributed by atoms with van der Waals surface area (Å²) >= 11 is 0. The Bertz CT molecular complexity index is 655. The molecule has 0 aromatic heterocycles. The Morgan fingerprint density at radius 1 is 1.14 bits per heavy atom. The highest BCUT2D eigenvalue weighted by Crippen LogP contribution is 2.22. The fraction of sp³-hybridized carbons (Fsp3) is 0.176. The number of rotatable bonds is 6. The summed E-state index contributed by atoms with van der Waals surface area (Å²) in [7, 11) is 1.52. The molecule has 1 N–H and O–H groups in total. The van der Waals surface area contributed by atoms with Crippen LogP contribution in [0.1, 0.15) is 28.4 Å². The molecular formula is C17H16NO4-. The van der Waals surface area contributed by atoms with E-state index in [4.69, 9.17) is 4.74 Å². The summed E-state index contributed by atoms with van der Waals surface area (Å²) in [5.41, 5.74) is 1.11. The summed E-state index contributed by atoms with van der Waals surface area (Å²) in [4.78, 5) is 23.2. The predicted molar refractivity (Wildman–Crippen MR) is 79.3 cm³/mol. The normalized spacial score (nSPS) is 11.5.